The molecule has 0 N–H and O–H groups in total. The standard InChI is InChI=1S/C45H38ClN/c1-4-16-35(17-5-2)45(36-22-11-8-12-23-36)43-26-14-13-25-41(43)42-32-31-40(33-44(42)45)47(39-29-27-37(46)28-30-39)38(18-6-3)24-15-21-34-19-9-7-10-20-34/h4-33H,1H2,2-3H3/b17-5-,18-6-,21-15+,35-16+,38-24+. The Kier molecular flexibility index (Phi) is 9.67. The van der Waals surface area contributed by atoms with E-state index < -0.39 is 5.41 Å². The lowest BCUT2D eigenvalue weighted by molar-refractivity contribution is 0.766. The summed E-state index contributed by atoms with van der Waals surface area (Å²) >= 11 is 6.40. The zero-order valence-corrected chi connectivity index (χ0v) is 27.6. The monoisotopic (exact) mass is 627 g/mol. The van der Waals surface area contributed by atoms with Gasteiger partial charge in [0.2, 0.25) is 0 Å². The second-order valence-corrected chi connectivity index (χ2v) is 11.9. The molecule has 5 aromatic carbocycles. The van der Waals surface area contributed by atoms with Crippen LogP contribution < -0.4 is 4.90 Å². The Morgan fingerprint density at radius 3 is 2.00 bits per heavy atom. The van der Waals surface area contributed by atoms with Gasteiger partial charge in [0.1, 0.15) is 0 Å². The van der Waals surface area contributed by atoms with Crippen LogP contribution in [0.3, 0.4) is 0 Å². The highest BCUT2D eigenvalue weighted by atomic mass is 35.5. The van der Waals surface area contributed by atoms with E-state index in [-0.39, 0.29) is 0 Å². The molecule has 2 heteroatoms. The number of allylic oxidation sites excluding steroid dienone is 9. The second-order valence-electron chi connectivity index (χ2n) is 11.4. The molecule has 1 aliphatic rings. The molecular weight excluding hydrogens is 590 g/mol. The summed E-state index contributed by atoms with van der Waals surface area (Å²) in [7, 11) is 0. The van der Waals surface area contributed by atoms with Gasteiger partial charge in [-0.2, -0.15) is 0 Å². The fourth-order valence-electron chi connectivity index (χ4n) is 6.73. The molecule has 0 fully saturated rings. The second kappa shape index (κ2) is 14.4. The Bertz CT molecular complexity index is 2010. The molecule has 1 unspecified atom stereocenters. The van der Waals surface area contributed by atoms with Gasteiger partial charge in [-0.3, -0.25) is 0 Å². The molecule has 0 saturated heterocycles. The van der Waals surface area contributed by atoms with Gasteiger partial charge in [-0.15, -0.1) is 0 Å². The number of anilines is 2. The average Bonchev–Trinajstić information content (AvgIpc) is 3.40. The predicted octanol–water partition coefficient (Wildman–Crippen LogP) is 12.7. The molecule has 5 aromatic rings. The lowest BCUT2D eigenvalue weighted by atomic mass is 9.67. The summed E-state index contributed by atoms with van der Waals surface area (Å²) in [5, 5.41) is 0.701. The van der Waals surface area contributed by atoms with Gasteiger partial charge >= 0.3 is 0 Å². The van der Waals surface area contributed by atoms with Crippen molar-refractivity contribution in [1.82, 2.24) is 0 Å². The molecule has 0 bridgehead atoms. The highest BCUT2D eigenvalue weighted by Gasteiger charge is 2.46. The third kappa shape index (κ3) is 6.11. The predicted molar refractivity (Wildman–Crippen MR) is 203 cm³/mol. The SMILES string of the molecule is C=C/C=C(\C=C/C)C1(c2ccccc2)c2ccccc2-c2ccc(N(C(/C=C\C)=C/C=C/c3ccccc3)c3ccc(Cl)cc3)cc21. The molecule has 0 spiro atoms. The third-order valence-corrected chi connectivity index (χ3v) is 8.86. The number of fused-ring (bicyclic) bond motifs is 3. The third-order valence-electron chi connectivity index (χ3n) is 8.61. The Morgan fingerprint density at radius 2 is 1.30 bits per heavy atom. The van der Waals surface area contributed by atoms with E-state index in [2.05, 4.69) is 183 Å². The van der Waals surface area contributed by atoms with Gasteiger partial charge in [0.05, 0.1) is 5.41 Å². The first kappa shape index (κ1) is 31.6. The first-order chi connectivity index (χ1) is 23.1. The van der Waals surface area contributed by atoms with Crippen LogP contribution in [-0.4, -0.2) is 0 Å². The minimum Gasteiger partial charge on any atom is -0.311 e. The molecule has 1 nitrogen and oxygen atoms in total. The van der Waals surface area contributed by atoms with Gasteiger partial charge in [0.25, 0.3) is 0 Å². The van der Waals surface area contributed by atoms with Crippen molar-refractivity contribution in [3.8, 4) is 11.1 Å². The average molecular weight is 628 g/mol. The summed E-state index contributed by atoms with van der Waals surface area (Å²) in [5.74, 6) is 0. The molecular formula is C45H38ClN. The van der Waals surface area contributed by atoms with Crippen LogP contribution in [0.2, 0.25) is 5.02 Å². The van der Waals surface area contributed by atoms with E-state index in [1.54, 1.807) is 0 Å². The molecule has 1 aliphatic carbocycles. The Morgan fingerprint density at radius 1 is 0.660 bits per heavy atom. The lowest BCUT2D eigenvalue weighted by Crippen LogP contribution is -2.29. The number of hydrogen-bond donors (Lipinski definition) is 0. The topological polar surface area (TPSA) is 3.24 Å². The molecule has 1 atom stereocenters. The zero-order chi connectivity index (χ0) is 32.6. The first-order valence-electron chi connectivity index (χ1n) is 16.0. The first-order valence-corrected chi connectivity index (χ1v) is 16.4. The number of benzene rings is 5. The van der Waals surface area contributed by atoms with Crippen LogP contribution in [0.1, 0.15) is 36.1 Å². The normalized spacial score (nSPS) is 16.1. The quantitative estimate of drug-likeness (QED) is 0.139. The molecule has 47 heavy (non-hydrogen) atoms. The van der Waals surface area contributed by atoms with Crippen molar-refractivity contribution in [2.24, 2.45) is 0 Å². The number of halogens is 1. The maximum absolute atomic E-state index is 6.40. The van der Waals surface area contributed by atoms with Gasteiger partial charge in [0.15, 0.2) is 0 Å². The lowest BCUT2D eigenvalue weighted by Gasteiger charge is -2.35. The van der Waals surface area contributed by atoms with E-state index in [4.69, 9.17) is 11.6 Å². The van der Waals surface area contributed by atoms with Crippen LogP contribution in [0, 0.1) is 0 Å². The van der Waals surface area contributed by atoms with Gasteiger partial charge in [0, 0.05) is 22.1 Å². The molecule has 0 aliphatic heterocycles. The zero-order valence-electron chi connectivity index (χ0n) is 26.9. The largest absolute Gasteiger partial charge is 0.311 e. The van der Waals surface area contributed by atoms with Gasteiger partial charge in [-0.05, 0) is 101 Å². The number of hydrogen-bond acceptors (Lipinski definition) is 1. The van der Waals surface area contributed by atoms with Crippen LogP contribution >= 0.6 is 11.6 Å². The molecule has 0 saturated carbocycles. The van der Waals surface area contributed by atoms with Crippen molar-refractivity contribution < 1.29 is 0 Å². The van der Waals surface area contributed by atoms with E-state index in [1.807, 2.05) is 24.3 Å². The fourth-order valence-corrected chi connectivity index (χ4v) is 6.86. The van der Waals surface area contributed by atoms with Crippen molar-refractivity contribution in [2.45, 2.75) is 19.3 Å². The number of rotatable bonds is 10. The van der Waals surface area contributed by atoms with E-state index in [0.29, 0.717) is 5.02 Å². The van der Waals surface area contributed by atoms with Crippen molar-refractivity contribution in [1.29, 1.82) is 0 Å². The van der Waals surface area contributed by atoms with Gasteiger partial charge in [-0.25, -0.2) is 0 Å². The highest BCUT2D eigenvalue weighted by Crippen LogP contribution is 2.57. The highest BCUT2D eigenvalue weighted by molar-refractivity contribution is 6.30. The Balaban J connectivity index is 1.63. The summed E-state index contributed by atoms with van der Waals surface area (Å²) in [4.78, 5) is 2.30. The minimum atomic E-state index is -0.548. The Hall–Kier alpha value is -5.37. The summed E-state index contributed by atoms with van der Waals surface area (Å²) in [6, 6.07) is 45.0. The fraction of sp³-hybridized carbons (Fsp3) is 0.0667. The number of nitrogens with zero attached hydrogens (tertiary/aromatic N) is 1. The van der Waals surface area contributed by atoms with Gasteiger partial charge < -0.3 is 4.90 Å². The summed E-state index contributed by atoms with van der Waals surface area (Å²) in [6.07, 6.45) is 19.0. The van der Waals surface area contributed by atoms with Crippen LogP contribution in [0.5, 0.6) is 0 Å². The van der Waals surface area contributed by atoms with E-state index in [9.17, 15) is 0 Å². The summed E-state index contributed by atoms with van der Waals surface area (Å²) in [5.41, 5.74) is 11.0. The van der Waals surface area contributed by atoms with E-state index in [0.717, 1.165) is 28.2 Å². The van der Waals surface area contributed by atoms with Crippen molar-refractivity contribution in [3.05, 3.63) is 221 Å². The van der Waals surface area contributed by atoms with E-state index in [1.165, 1.54) is 27.8 Å². The summed E-state index contributed by atoms with van der Waals surface area (Å²) < 4.78 is 0. The molecule has 0 radical (unpaired) electrons. The summed E-state index contributed by atoms with van der Waals surface area (Å²) in [6.45, 7) is 8.26. The maximum atomic E-state index is 6.40. The van der Waals surface area contributed by atoms with Crippen LogP contribution in [0.25, 0.3) is 17.2 Å². The molecule has 0 amide bonds. The Labute approximate surface area is 284 Å². The molecule has 6 rings (SSSR count). The van der Waals surface area contributed by atoms with Gasteiger partial charge in [-0.1, -0.05) is 152 Å². The molecule has 230 valence electrons. The van der Waals surface area contributed by atoms with Crippen molar-refractivity contribution >= 4 is 29.1 Å². The van der Waals surface area contributed by atoms with Crippen LogP contribution in [0.15, 0.2) is 194 Å². The van der Waals surface area contributed by atoms with Crippen LogP contribution in [0.4, 0.5) is 11.4 Å². The molecule has 0 heterocycles. The smallest absolute Gasteiger partial charge is 0.0714 e. The minimum absolute atomic E-state index is 0.548. The van der Waals surface area contributed by atoms with E-state index >= 15 is 0 Å². The van der Waals surface area contributed by atoms with Crippen molar-refractivity contribution in [3.63, 3.8) is 0 Å². The van der Waals surface area contributed by atoms with Crippen molar-refractivity contribution in [2.75, 3.05) is 4.90 Å². The van der Waals surface area contributed by atoms with Crippen LogP contribution in [-0.2, 0) is 5.41 Å². The molecule has 0 aromatic heterocycles. The maximum Gasteiger partial charge on any atom is 0.0714 e.